The molecule has 3 N–H and O–H groups in total. The second-order valence-electron chi connectivity index (χ2n) is 4.11. The zero-order chi connectivity index (χ0) is 11.0. The van der Waals surface area contributed by atoms with Gasteiger partial charge in [0.2, 0.25) is 0 Å². The third kappa shape index (κ3) is 1.70. The van der Waals surface area contributed by atoms with Gasteiger partial charge in [-0.05, 0) is 24.1 Å². The van der Waals surface area contributed by atoms with Crippen LogP contribution >= 0.6 is 0 Å². The highest BCUT2D eigenvalue weighted by molar-refractivity contribution is 5.83. The number of hydrogen-bond acceptors (Lipinski definition) is 2. The average molecular weight is 205 g/mol. The lowest BCUT2D eigenvalue weighted by atomic mass is 10.1. The average Bonchev–Trinajstić information content (AvgIpc) is 2.59. The minimum Gasteiger partial charge on any atom is -0.508 e. The van der Waals surface area contributed by atoms with Crippen LogP contribution in [0.3, 0.4) is 0 Å². The van der Waals surface area contributed by atoms with E-state index in [9.17, 15) is 5.11 Å². The third-order valence-corrected chi connectivity index (χ3v) is 2.63. The minimum absolute atomic E-state index is 0.141. The fourth-order valence-corrected chi connectivity index (χ4v) is 1.67. The highest BCUT2D eigenvalue weighted by Crippen LogP contribution is 2.27. The molecule has 3 nitrogen and oxygen atoms in total. The van der Waals surface area contributed by atoms with Crippen LogP contribution in [-0.2, 0) is 6.61 Å². The topological polar surface area (TPSA) is 56.2 Å². The molecule has 0 radical (unpaired) electrons. The Balaban J connectivity index is 2.61. The Morgan fingerprint density at radius 3 is 2.60 bits per heavy atom. The van der Waals surface area contributed by atoms with Gasteiger partial charge in [0, 0.05) is 22.2 Å². The van der Waals surface area contributed by atoms with Crippen molar-refractivity contribution >= 4 is 10.9 Å². The van der Waals surface area contributed by atoms with Crippen LogP contribution in [0.2, 0.25) is 0 Å². The summed E-state index contributed by atoms with van der Waals surface area (Å²) >= 11 is 0. The van der Waals surface area contributed by atoms with Crippen LogP contribution in [0.4, 0.5) is 0 Å². The summed E-state index contributed by atoms with van der Waals surface area (Å²) in [6.45, 7) is 4.08. The number of aliphatic hydroxyl groups excluding tert-OH is 1. The second kappa shape index (κ2) is 3.59. The number of nitrogens with one attached hydrogen (secondary N) is 1. The maximum atomic E-state index is 9.58. The number of aliphatic hydroxyl groups is 1. The number of aromatic amines is 1. The summed E-state index contributed by atoms with van der Waals surface area (Å²) in [5.74, 6) is 0.580. The van der Waals surface area contributed by atoms with Gasteiger partial charge in [0.15, 0.2) is 0 Å². The highest BCUT2D eigenvalue weighted by atomic mass is 16.3. The van der Waals surface area contributed by atoms with Crippen molar-refractivity contribution in [2.24, 2.45) is 0 Å². The van der Waals surface area contributed by atoms with E-state index in [0.717, 1.165) is 16.6 Å². The lowest BCUT2D eigenvalue weighted by Gasteiger charge is -2.00. The van der Waals surface area contributed by atoms with Gasteiger partial charge in [0.05, 0.1) is 6.61 Å². The summed E-state index contributed by atoms with van der Waals surface area (Å²) in [5, 5.41) is 19.6. The van der Waals surface area contributed by atoms with E-state index < -0.39 is 0 Å². The Morgan fingerprint density at radius 2 is 2.00 bits per heavy atom. The van der Waals surface area contributed by atoms with Gasteiger partial charge in [0.25, 0.3) is 0 Å². The van der Waals surface area contributed by atoms with E-state index in [1.807, 2.05) is 6.07 Å². The van der Waals surface area contributed by atoms with Gasteiger partial charge in [-0.15, -0.1) is 0 Å². The Labute approximate surface area is 88.4 Å². The van der Waals surface area contributed by atoms with Crippen molar-refractivity contribution in [3.05, 3.63) is 29.5 Å². The summed E-state index contributed by atoms with van der Waals surface area (Å²) in [6.07, 6.45) is 0. The SMILES string of the molecule is CC(C)c1cc2cc(O)c(CO)cc2[nH]1. The van der Waals surface area contributed by atoms with Gasteiger partial charge in [-0.25, -0.2) is 0 Å². The number of aromatic nitrogens is 1. The van der Waals surface area contributed by atoms with Crippen molar-refractivity contribution in [2.75, 3.05) is 0 Å². The zero-order valence-corrected chi connectivity index (χ0v) is 8.91. The lowest BCUT2D eigenvalue weighted by molar-refractivity contribution is 0.276. The van der Waals surface area contributed by atoms with Crippen LogP contribution in [0.15, 0.2) is 18.2 Å². The Bertz CT molecular complexity index is 486. The van der Waals surface area contributed by atoms with Crippen molar-refractivity contribution < 1.29 is 10.2 Å². The predicted octanol–water partition coefficient (Wildman–Crippen LogP) is 2.49. The van der Waals surface area contributed by atoms with Gasteiger partial charge in [0.1, 0.15) is 5.75 Å². The fraction of sp³-hybridized carbons (Fsp3) is 0.333. The molecule has 0 bridgehead atoms. The summed E-state index contributed by atoms with van der Waals surface area (Å²) in [5.41, 5.74) is 2.65. The normalized spacial score (nSPS) is 11.5. The molecule has 15 heavy (non-hydrogen) atoms. The molecular weight excluding hydrogens is 190 g/mol. The fourth-order valence-electron chi connectivity index (χ4n) is 1.67. The molecular formula is C12H15NO2. The van der Waals surface area contributed by atoms with Crippen molar-refractivity contribution in [1.29, 1.82) is 0 Å². The second-order valence-corrected chi connectivity index (χ2v) is 4.11. The number of aromatic hydroxyl groups is 1. The van der Waals surface area contributed by atoms with Crippen molar-refractivity contribution in [1.82, 2.24) is 4.98 Å². The van der Waals surface area contributed by atoms with Gasteiger partial charge >= 0.3 is 0 Å². The highest BCUT2D eigenvalue weighted by Gasteiger charge is 2.07. The van der Waals surface area contributed by atoms with Crippen molar-refractivity contribution in [3.8, 4) is 5.75 Å². The monoisotopic (exact) mass is 205 g/mol. The minimum atomic E-state index is -0.141. The molecule has 3 heteroatoms. The number of fused-ring (bicyclic) bond motifs is 1. The van der Waals surface area contributed by atoms with Gasteiger partial charge in [-0.1, -0.05) is 13.8 Å². The maximum absolute atomic E-state index is 9.58. The van der Waals surface area contributed by atoms with Gasteiger partial charge in [-0.3, -0.25) is 0 Å². The number of H-pyrrole nitrogens is 1. The lowest BCUT2D eigenvalue weighted by Crippen LogP contribution is -1.85. The third-order valence-electron chi connectivity index (χ3n) is 2.63. The van der Waals surface area contributed by atoms with Crippen molar-refractivity contribution in [3.63, 3.8) is 0 Å². The molecule has 1 aromatic heterocycles. The number of rotatable bonds is 2. The summed E-state index contributed by atoms with van der Waals surface area (Å²) in [7, 11) is 0. The molecule has 0 aliphatic heterocycles. The number of phenols is 1. The van der Waals surface area contributed by atoms with E-state index in [1.165, 1.54) is 0 Å². The first-order valence-electron chi connectivity index (χ1n) is 5.07. The van der Waals surface area contributed by atoms with E-state index in [0.29, 0.717) is 11.5 Å². The molecule has 0 unspecified atom stereocenters. The Morgan fingerprint density at radius 1 is 1.27 bits per heavy atom. The van der Waals surface area contributed by atoms with E-state index in [2.05, 4.69) is 18.8 Å². The van der Waals surface area contributed by atoms with Crippen LogP contribution in [-0.4, -0.2) is 15.2 Å². The molecule has 0 aliphatic carbocycles. The van der Waals surface area contributed by atoms with Gasteiger partial charge in [-0.2, -0.15) is 0 Å². The first-order valence-corrected chi connectivity index (χ1v) is 5.07. The summed E-state index contributed by atoms with van der Waals surface area (Å²) in [6, 6.07) is 5.50. The molecule has 0 saturated carbocycles. The molecule has 1 heterocycles. The van der Waals surface area contributed by atoms with E-state index in [1.54, 1.807) is 12.1 Å². The predicted molar refractivity (Wildman–Crippen MR) is 60.0 cm³/mol. The Hall–Kier alpha value is -1.48. The quantitative estimate of drug-likeness (QED) is 0.705. The molecule has 0 fully saturated rings. The van der Waals surface area contributed by atoms with Crippen molar-refractivity contribution in [2.45, 2.75) is 26.4 Å². The van der Waals surface area contributed by atoms with Crippen LogP contribution in [0.1, 0.15) is 31.0 Å². The Kier molecular flexibility index (Phi) is 2.40. The zero-order valence-electron chi connectivity index (χ0n) is 8.91. The largest absolute Gasteiger partial charge is 0.508 e. The molecule has 0 atom stereocenters. The van der Waals surface area contributed by atoms with Crippen LogP contribution in [0, 0.1) is 0 Å². The molecule has 2 rings (SSSR count). The summed E-state index contributed by atoms with van der Waals surface area (Å²) in [4.78, 5) is 3.27. The molecule has 80 valence electrons. The molecule has 1 aromatic carbocycles. The molecule has 0 aliphatic rings. The smallest absolute Gasteiger partial charge is 0.121 e. The van der Waals surface area contributed by atoms with E-state index in [4.69, 9.17) is 5.11 Å². The van der Waals surface area contributed by atoms with Crippen LogP contribution < -0.4 is 0 Å². The van der Waals surface area contributed by atoms with Crippen LogP contribution in [0.5, 0.6) is 5.75 Å². The van der Waals surface area contributed by atoms with E-state index in [-0.39, 0.29) is 12.4 Å². The maximum Gasteiger partial charge on any atom is 0.121 e. The molecule has 0 saturated heterocycles. The first kappa shape index (κ1) is 10.1. The first-order chi connectivity index (χ1) is 7.11. The standard InChI is InChI=1S/C12H15NO2/c1-7(2)10-3-8-5-12(15)9(6-14)4-11(8)13-10/h3-5,7,13-15H,6H2,1-2H3. The van der Waals surface area contributed by atoms with E-state index >= 15 is 0 Å². The molecule has 2 aromatic rings. The number of benzene rings is 1. The molecule has 0 spiro atoms. The van der Waals surface area contributed by atoms with Gasteiger partial charge < -0.3 is 15.2 Å². The van der Waals surface area contributed by atoms with Crippen LogP contribution in [0.25, 0.3) is 10.9 Å². The summed E-state index contributed by atoms with van der Waals surface area (Å²) < 4.78 is 0. The molecule has 0 amide bonds. The number of hydrogen-bond donors (Lipinski definition) is 3.